The van der Waals surface area contributed by atoms with Crippen LogP contribution in [0.2, 0.25) is 0 Å². The molecule has 2 bridgehead atoms. The molecule has 0 saturated carbocycles. The molecular formula is C23H33N3O3. The molecule has 0 aliphatic carbocycles. The largest absolute Gasteiger partial charge is 0.375 e. The highest BCUT2D eigenvalue weighted by atomic mass is 16.5. The van der Waals surface area contributed by atoms with Crippen molar-refractivity contribution in [3.63, 3.8) is 0 Å². The number of rotatable bonds is 5. The normalized spacial score (nSPS) is 27.1. The second-order valence-corrected chi connectivity index (χ2v) is 8.69. The standard InChI is InChI=1S/C23H33N3O3/c1-17(27)26-19-7-8-20(26)16-22(15-19)29-21-10-13-25(14-11-21)23(28)24-12-9-18-5-3-2-4-6-18/h2-6,19-22H,7-16H2,1H3,(H,24,28)/t19-,20+,22?. The van der Waals surface area contributed by atoms with E-state index in [9.17, 15) is 9.59 Å². The Morgan fingerprint density at radius 3 is 2.28 bits per heavy atom. The number of likely N-dealkylation sites (tertiary alicyclic amines) is 1. The number of hydrogen-bond acceptors (Lipinski definition) is 3. The van der Waals surface area contributed by atoms with Crippen molar-refractivity contribution in [1.29, 1.82) is 0 Å². The van der Waals surface area contributed by atoms with Crippen LogP contribution in [-0.2, 0) is 16.0 Å². The van der Waals surface area contributed by atoms with Crippen LogP contribution in [0, 0.1) is 0 Å². The number of hydrogen-bond donors (Lipinski definition) is 1. The Morgan fingerprint density at radius 1 is 1.00 bits per heavy atom. The molecule has 158 valence electrons. The van der Waals surface area contributed by atoms with Crippen molar-refractivity contribution < 1.29 is 14.3 Å². The van der Waals surface area contributed by atoms with Gasteiger partial charge in [-0.15, -0.1) is 0 Å². The monoisotopic (exact) mass is 399 g/mol. The van der Waals surface area contributed by atoms with Gasteiger partial charge in [-0.05, 0) is 50.5 Å². The minimum absolute atomic E-state index is 0.0344. The van der Waals surface area contributed by atoms with Crippen molar-refractivity contribution in [3.8, 4) is 0 Å². The van der Waals surface area contributed by atoms with Gasteiger partial charge in [0.25, 0.3) is 0 Å². The SMILES string of the molecule is CC(=O)N1[C@@H]2CC[C@H]1CC(OC1CCN(C(=O)NCCc3ccccc3)CC1)C2. The fourth-order valence-electron chi connectivity index (χ4n) is 5.29. The van der Waals surface area contributed by atoms with Crippen LogP contribution in [0.5, 0.6) is 0 Å². The van der Waals surface area contributed by atoms with Crippen molar-refractivity contribution in [1.82, 2.24) is 15.1 Å². The molecule has 3 saturated heterocycles. The van der Waals surface area contributed by atoms with Gasteiger partial charge in [0, 0.05) is 38.6 Å². The molecule has 1 unspecified atom stereocenters. The number of ether oxygens (including phenoxy) is 1. The number of nitrogens with zero attached hydrogens (tertiary/aromatic N) is 2. The number of piperidine rings is 2. The minimum Gasteiger partial charge on any atom is -0.375 e. The van der Waals surface area contributed by atoms with Crippen LogP contribution in [0.4, 0.5) is 4.79 Å². The first kappa shape index (κ1) is 20.2. The molecule has 4 rings (SSSR count). The average Bonchev–Trinajstić information content (AvgIpc) is 3.00. The highest BCUT2D eigenvalue weighted by molar-refractivity contribution is 5.74. The highest BCUT2D eigenvalue weighted by Gasteiger charge is 2.43. The van der Waals surface area contributed by atoms with Crippen LogP contribution < -0.4 is 5.32 Å². The first-order chi connectivity index (χ1) is 14.1. The van der Waals surface area contributed by atoms with Gasteiger partial charge in [0.2, 0.25) is 5.91 Å². The van der Waals surface area contributed by atoms with Crippen molar-refractivity contribution in [2.75, 3.05) is 19.6 Å². The van der Waals surface area contributed by atoms with Gasteiger partial charge in [-0.25, -0.2) is 4.79 Å². The molecule has 29 heavy (non-hydrogen) atoms. The predicted molar refractivity (Wildman–Crippen MR) is 112 cm³/mol. The van der Waals surface area contributed by atoms with Gasteiger partial charge in [-0.3, -0.25) is 4.79 Å². The summed E-state index contributed by atoms with van der Waals surface area (Å²) < 4.78 is 6.41. The van der Waals surface area contributed by atoms with E-state index in [-0.39, 0.29) is 24.1 Å². The Hall–Kier alpha value is -2.08. The number of carbonyl (C=O) groups is 2. The summed E-state index contributed by atoms with van der Waals surface area (Å²) in [7, 11) is 0. The number of urea groups is 1. The van der Waals surface area contributed by atoms with Crippen molar-refractivity contribution in [2.45, 2.75) is 76.2 Å². The van der Waals surface area contributed by atoms with Crippen molar-refractivity contribution >= 4 is 11.9 Å². The van der Waals surface area contributed by atoms with E-state index < -0.39 is 0 Å². The maximum atomic E-state index is 12.4. The van der Waals surface area contributed by atoms with Crippen LogP contribution in [0.25, 0.3) is 0 Å². The van der Waals surface area contributed by atoms with E-state index in [0.29, 0.717) is 18.6 Å². The smallest absolute Gasteiger partial charge is 0.317 e. The number of benzene rings is 1. The van der Waals surface area contributed by atoms with Crippen molar-refractivity contribution in [3.05, 3.63) is 35.9 Å². The molecule has 3 fully saturated rings. The van der Waals surface area contributed by atoms with E-state index in [1.807, 2.05) is 23.1 Å². The lowest BCUT2D eigenvalue weighted by molar-refractivity contribution is -0.138. The molecule has 6 nitrogen and oxygen atoms in total. The first-order valence-electron chi connectivity index (χ1n) is 11.1. The minimum atomic E-state index is 0.0344. The van der Waals surface area contributed by atoms with Crippen LogP contribution in [0.1, 0.15) is 51.0 Å². The molecule has 3 heterocycles. The summed E-state index contributed by atoms with van der Waals surface area (Å²) in [5.74, 6) is 0.211. The molecular weight excluding hydrogens is 366 g/mol. The Balaban J connectivity index is 1.16. The predicted octanol–water partition coefficient (Wildman–Crippen LogP) is 2.96. The summed E-state index contributed by atoms with van der Waals surface area (Å²) in [5.41, 5.74) is 1.24. The molecule has 0 radical (unpaired) electrons. The van der Waals surface area contributed by atoms with Gasteiger partial charge in [0.15, 0.2) is 0 Å². The van der Waals surface area contributed by atoms with Crippen LogP contribution in [0.15, 0.2) is 30.3 Å². The molecule has 0 spiro atoms. The Morgan fingerprint density at radius 2 is 1.66 bits per heavy atom. The van der Waals surface area contributed by atoms with E-state index in [4.69, 9.17) is 4.74 Å². The van der Waals surface area contributed by atoms with E-state index in [2.05, 4.69) is 22.3 Å². The summed E-state index contributed by atoms with van der Waals surface area (Å²) in [4.78, 5) is 28.3. The van der Waals surface area contributed by atoms with Crippen LogP contribution in [0.3, 0.4) is 0 Å². The van der Waals surface area contributed by atoms with Crippen molar-refractivity contribution in [2.24, 2.45) is 0 Å². The Labute approximate surface area is 173 Å². The molecule has 6 heteroatoms. The molecule has 0 aromatic heterocycles. The first-order valence-corrected chi connectivity index (χ1v) is 11.1. The van der Waals surface area contributed by atoms with Gasteiger partial charge in [0.05, 0.1) is 12.2 Å². The van der Waals surface area contributed by atoms with E-state index in [1.165, 1.54) is 5.56 Å². The molecule has 3 amide bonds. The number of carbonyl (C=O) groups excluding carboxylic acids is 2. The lowest BCUT2D eigenvalue weighted by Gasteiger charge is -2.40. The zero-order valence-electron chi connectivity index (χ0n) is 17.4. The molecule has 3 atom stereocenters. The number of amides is 3. The molecule has 1 N–H and O–H groups in total. The summed E-state index contributed by atoms with van der Waals surface area (Å²) in [6, 6.07) is 11.0. The fraction of sp³-hybridized carbons (Fsp3) is 0.652. The Bertz CT molecular complexity index is 689. The molecule has 1 aromatic carbocycles. The second-order valence-electron chi connectivity index (χ2n) is 8.69. The molecule has 3 aliphatic heterocycles. The third-order valence-electron chi connectivity index (χ3n) is 6.70. The van der Waals surface area contributed by atoms with E-state index in [1.54, 1.807) is 6.92 Å². The highest BCUT2D eigenvalue weighted by Crippen LogP contribution is 2.37. The summed E-state index contributed by atoms with van der Waals surface area (Å²) in [5, 5.41) is 3.04. The maximum Gasteiger partial charge on any atom is 0.317 e. The fourth-order valence-corrected chi connectivity index (χ4v) is 5.29. The zero-order chi connectivity index (χ0) is 20.2. The van der Waals surface area contributed by atoms with Crippen LogP contribution >= 0.6 is 0 Å². The van der Waals surface area contributed by atoms with Gasteiger partial charge < -0.3 is 19.9 Å². The number of fused-ring (bicyclic) bond motifs is 2. The quantitative estimate of drug-likeness (QED) is 0.828. The molecule has 3 aliphatic rings. The van der Waals surface area contributed by atoms with Gasteiger partial charge in [-0.2, -0.15) is 0 Å². The van der Waals surface area contributed by atoms with Gasteiger partial charge in [0.1, 0.15) is 0 Å². The van der Waals surface area contributed by atoms with Crippen LogP contribution in [-0.4, -0.2) is 65.7 Å². The second kappa shape index (κ2) is 9.16. The third-order valence-corrected chi connectivity index (χ3v) is 6.70. The Kier molecular flexibility index (Phi) is 6.38. The summed E-state index contributed by atoms with van der Waals surface area (Å²) in [6.45, 7) is 3.85. The lowest BCUT2D eigenvalue weighted by atomic mass is 9.98. The number of nitrogens with one attached hydrogen (secondary N) is 1. The van der Waals surface area contributed by atoms with Gasteiger partial charge in [-0.1, -0.05) is 30.3 Å². The third kappa shape index (κ3) is 4.92. The topological polar surface area (TPSA) is 61.9 Å². The maximum absolute atomic E-state index is 12.4. The average molecular weight is 400 g/mol. The molecule has 1 aromatic rings. The van der Waals surface area contributed by atoms with E-state index >= 15 is 0 Å². The lowest BCUT2D eigenvalue weighted by Crippen LogP contribution is -2.50. The zero-order valence-corrected chi connectivity index (χ0v) is 17.4. The van der Waals surface area contributed by atoms with Gasteiger partial charge >= 0.3 is 6.03 Å². The summed E-state index contributed by atoms with van der Waals surface area (Å²) in [6.07, 6.45) is 7.32. The summed E-state index contributed by atoms with van der Waals surface area (Å²) >= 11 is 0. The van der Waals surface area contributed by atoms with E-state index in [0.717, 1.165) is 58.0 Å².